The maximum atomic E-state index is 13.4. The minimum Gasteiger partial charge on any atom is -0.207 e. The van der Waals surface area contributed by atoms with E-state index in [1.165, 1.54) is 40.0 Å². The molecule has 0 atom stereocenters. The first kappa shape index (κ1) is 21.6. The Morgan fingerprint density at radius 3 is 1.32 bits per heavy atom. The second kappa shape index (κ2) is 10.1. The van der Waals surface area contributed by atoms with E-state index in [-0.39, 0.29) is 5.82 Å². The van der Waals surface area contributed by atoms with Crippen molar-refractivity contribution < 1.29 is 4.39 Å². The van der Waals surface area contributed by atoms with Crippen LogP contribution >= 0.6 is 0 Å². The van der Waals surface area contributed by atoms with Crippen molar-refractivity contribution in [2.75, 3.05) is 0 Å². The lowest BCUT2D eigenvalue weighted by molar-refractivity contribution is 0.627. The quantitative estimate of drug-likeness (QED) is 0.247. The van der Waals surface area contributed by atoms with E-state index in [1.54, 1.807) is 0 Å². The molecule has 34 heavy (non-hydrogen) atoms. The van der Waals surface area contributed by atoms with E-state index in [2.05, 4.69) is 103 Å². The van der Waals surface area contributed by atoms with Gasteiger partial charge in [-0.15, -0.1) is 0 Å². The molecule has 0 unspecified atom stereocenters. The molecule has 0 saturated heterocycles. The molecule has 5 aromatic carbocycles. The second-order valence-electron chi connectivity index (χ2n) is 8.34. The average Bonchev–Trinajstić information content (AvgIpc) is 2.92. The minimum atomic E-state index is -0.207. The van der Waals surface area contributed by atoms with Gasteiger partial charge in [-0.1, -0.05) is 127 Å². The largest absolute Gasteiger partial charge is 0.207 e. The molecule has 0 nitrogen and oxygen atoms in total. The van der Waals surface area contributed by atoms with Crippen molar-refractivity contribution in [3.63, 3.8) is 0 Å². The third kappa shape index (κ3) is 5.05. The Labute approximate surface area is 200 Å². The highest BCUT2D eigenvalue weighted by molar-refractivity contribution is 5.82. The van der Waals surface area contributed by atoms with Crippen molar-refractivity contribution in [1.29, 1.82) is 0 Å². The Balaban J connectivity index is 1.49. The molecule has 0 aliphatic carbocycles. The number of halogens is 1. The Morgan fingerprint density at radius 2 is 0.882 bits per heavy atom. The van der Waals surface area contributed by atoms with Crippen LogP contribution < -0.4 is 0 Å². The molecule has 0 fully saturated rings. The summed E-state index contributed by atoms with van der Waals surface area (Å²) in [5.41, 5.74) is 9.38. The van der Waals surface area contributed by atoms with Crippen LogP contribution in [0.2, 0.25) is 0 Å². The molecule has 0 spiro atoms. The lowest BCUT2D eigenvalue weighted by Gasteiger charge is -2.12. The van der Waals surface area contributed by atoms with Crippen LogP contribution in [0.15, 0.2) is 140 Å². The molecule has 0 aliphatic heterocycles. The van der Waals surface area contributed by atoms with Gasteiger partial charge >= 0.3 is 0 Å². The molecule has 0 bridgehead atoms. The molecule has 0 aliphatic rings. The summed E-state index contributed by atoms with van der Waals surface area (Å²) in [5, 5.41) is 0. The molecule has 0 radical (unpaired) electrons. The van der Waals surface area contributed by atoms with Gasteiger partial charge < -0.3 is 0 Å². The minimum absolute atomic E-state index is 0.207. The van der Waals surface area contributed by atoms with Gasteiger partial charge in [-0.25, -0.2) is 4.39 Å². The molecule has 0 heterocycles. The molecule has 0 aromatic heterocycles. The fourth-order valence-electron chi connectivity index (χ4n) is 4.19. The summed E-state index contributed by atoms with van der Waals surface area (Å²) in [4.78, 5) is 0. The van der Waals surface area contributed by atoms with Crippen LogP contribution in [0.5, 0.6) is 0 Å². The summed E-state index contributed by atoms with van der Waals surface area (Å²) in [6, 6.07) is 45.0. The number of hydrogen-bond acceptors (Lipinski definition) is 0. The van der Waals surface area contributed by atoms with Gasteiger partial charge in [-0.2, -0.15) is 0 Å². The van der Waals surface area contributed by atoms with Gasteiger partial charge in [0.25, 0.3) is 0 Å². The highest BCUT2D eigenvalue weighted by atomic mass is 19.1. The maximum Gasteiger partial charge on any atom is 0.123 e. The number of rotatable bonds is 6. The van der Waals surface area contributed by atoms with Gasteiger partial charge in [-0.05, 0) is 63.1 Å². The first-order chi connectivity index (χ1) is 16.8. The van der Waals surface area contributed by atoms with Gasteiger partial charge in [0.1, 0.15) is 5.82 Å². The molecule has 5 aromatic rings. The fraction of sp³-hybridized carbons (Fsp3) is 0.0303. The van der Waals surface area contributed by atoms with Crippen LogP contribution in [0.4, 0.5) is 4.39 Å². The predicted octanol–water partition coefficient (Wildman–Crippen LogP) is 8.83. The van der Waals surface area contributed by atoms with Gasteiger partial charge in [-0.3, -0.25) is 0 Å². The van der Waals surface area contributed by atoms with Gasteiger partial charge in [0, 0.05) is 0 Å². The first-order valence-corrected chi connectivity index (χ1v) is 11.5. The van der Waals surface area contributed by atoms with Crippen LogP contribution in [0.25, 0.3) is 27.8 Å². The standard InChI is InChI=1S/C33H25F/c34-32-22-11-25(12-23-32)13-24-33(30-18-14-28(15-19-30)26-7-3-1-4-8-26)31-20-16-29(17-21-31)27-9-5-2-6-10-27/h1-12,14-24H,13H2. The zero-order chi connectivity index (χ0) is 23.2. The normalized spacial score (nSPS) is 10.6. The summed E-state index contributed by atoms with van der Waals surface area (Å²) in [6.07, 6.45) is 2.97. The van der Waals surface area contributed by atoms with E-state index in [1.807, 2.05) is 24.3 Å². The summed E-state index contributed by atoms with van der Waals surface area (Å²) >= 11 is 0. The summed E-state index contributed by atoms with van der Waals surface area (Å²) in [5.74, 6) is -0.207. The van der Waals surface area contributed by atoms with Crippen LogP contribution in [0.1, 0.15) is 16.7 Å². The lowest BCUT2D eigenvalue weighted by Crippen LogP contribution is -1.92. The van der Waals surface area contributed by atoms with Gasteiger partial charge in [0.15, 0.2) is 0 Å². The van der Waals surface area contributed by atoms with Crippen LogP contribution in [0, 0.1) is 5.82 Å². The van der Waals surface area contributed by atoms with E-state index in [0.29, 0.717) is 0 Å². The molecular weight excluding hydrogens is 415 g/mol. The van der Waals surface area contributed by atoms with Crippen molar-refractivity contribution in [2.24, 2.45) is 0 Å². The predicted molar refractivity (Wildman–Crippen MR) is 141 cm³/mol. The Bertz CT molecular complexity index is 1280. The monoisotopic (exact) mass is 440 g/mol. The topological polar surface area (TPSA) is 0 Å². The third-order valence-corrected chi connectivity index (χ3v) is 6.06. The van der Waals surface area contributed by atoms with Crippen LogP contribution in [-0.2, 0) is 6.42 Å². The van der Waals surface area contributed by atoms with E-state index < -0.39 is 0 Å². The van der Waals surface area contributed by atoms with Crippen molar-refractivity contribution in [3.05, 3.63) is 162 Å². The van der Waals surface area contributed by atoms with E-state index in [0.717, 1.165) is 23.1 Å². The first-order valence-electron chi connectivity index (χ1n) is 11.5. The molecular formula is C33H25F. The molecule has 0 N–H and O–H groups in total. The number of allylic oxidation sites excluding steroid dienone is 1. The van der Waals surface area contributed by atoms with E-state index in [4.69, 9.17) is 0 Å². The molecule has 164 valence electrons. The number of hydrogen-bond donors (Lipinski definition) is 0. The van der Waals surface area contributed by atoms with Gasteiger partial charge in [0.05, 0.1) is 0 Å². The van der Waals surface area contributed by atoms with E-state index in [9.17, 15) is 4.39 Å². The summed E-state index contributed by atoms with van der Waals surface area (Å²) < 4.78 is 13.4. The molecule has 0 amide bonds. The SMILES string of the molecule is Fc1ccc(CC=C(c2ccc(-c3ccccc3)cc2)c2ccc(-c3ccccc3)cc2)cc1. The van der Waals surface area contributed by atoms with Crippen molar-refractivity contribution >= 4 is 5.57 Å². The summed E-state index contributed by atoms with van der Waals surface area (Å²) in [7, 11) is 0. The zero-order valence-corrected chi connectivity index (χ0v) is 18.9. The van der Waals surface area contributed by atoms with Crippen molar-refractivity contribution in [3.8, 4) is 22.3 Å². The Hall–Kier alpha value is -4.23. The second-order valence-corrected chi connectivity index (χ2v) is 8.34. The Kier molecular flexibility index (Phi) is 6.45. The zero-order valence-electron chi connectivity index (χ0n) is 18.9. The van der Waals surface area contributed by atoms with E-state index >= 15 is 0 Å². The van der Waals surface area contributed by atoms with Crippen LogP contribution in [-0.4, -0.2) is 0 Å². The number of benzene rings is 5. The lowest BCUT2D eigenvalue weighted by atomic mass is 9.93. The van der Waals surface area contributed by atoms with Gasteiger partial charge in [0.2, 0.25) is 0 Å². The summed E-state index contributed by atoms with van der Waals surface area (Å²) in [6.45, 7) is 0. The third-order valence-electron chi connectivity index (χ3n) is 6.06. The molecule has 5 rings (SSSR count). The average molecular weight is 441 g/mol. The highest BCUT2D eigenvalue weighted by Gasteiger charge is 2.08. The smallest absolute Gasteiger partial charge is 0.123 e. The molecule has 0 saturated carbocycles. The van der Waals surface area contributed by atoms with Crippen molar-refractivity contribution in [2.45, 2.75) is 6.42 Å². The fourth-order valence-corrected chi connectivity index (χ4v) is 4.19. The van der Waals surface area contributed by atoms with Crippen LogP contribution in [0.3, 0.4) is 0 Å². The highest BCUT2D eigenvalue weighted by Crippen LogP contribution is 2.29. The molecule has 1 heteroatoms. The van der Waals surface area contributed by atoms with Crippen molar-refractivity contribution in [1.82, 2.24) is 0 Å². The Morgan fingerprint density at radius 1 is 0.471 bits per heavy atom. The maximum absolute atomic E-state index is 13.4.